The highest BCUT2D eigenvalue weighted by Gasteiger charge is 2.30. The van der Waals surface area contributed by atoms with Crippen LogP contribution in [0.15, 0.2) is 35.3 Å². The molecule has 28 heavy (non-hydrogen) atoms. The second-order valence-electron chi connectivity index (χ2n) is 6.80. The quantitative estimate of drug-likeness (QED) is 0.660. The molecule has 3 aromatic rings. The average molecular weight is 382 g/mol. The molecule has 9 nitrogen and oxygen atoms in total. The molecule has 1 aliphatic rings. The van der Waals surface area contributed by atoms with Gasteiger partial charge in [0.25, 0.3) is 5.56 Å². The lowest BCUT2D eigenvalue weighted by atomic mass is 10.0. The van der Waals surface area contributed by atoms with E-state index in [1.807, 2.05) is 36.1 Å². The van der Waals surface area contributed by atoms with Crippen molar-refractivity contribution in [2.24, 2.45) is 7.05 Å². The van der Waals surface area contributed by atoms with Gasteiger partial charge in [0.1, 0.15) is 17.7 Å². The number of likely N-dealkylation sites (tertiary alicyclic amines) is 1. The molecule has 0 spiro atoms. The van der Waals surface area contributed by atoms with Gasteiger partial charge in [0.15, 0.2) is 5.65 Å². The van der Waals surface area contributed by atoms with Crippen molar-refractivity contribution in [1.29, 1.82) is 0 Å². The zero-order valence-corrected chi connectivity index (χ0v) is 15.9. The largest absolute Gasteiger partial charge is 0.494 e. The van der Waals surface area contributed by atoms with Gasteiger partial charge in [-0.2, -0.15) is 5.10 Å². The van der Waals surface area contributed by atoms with Crippen LogP contribution < -0.4 is 10.3 Å². The number of hydrogen-bond donors (Lipinski definition) is 0. The van der Waals surface area contributed by atoms with E-state index in [1.165, 1.54) is 10.9 Å². The molecule has 1 saturated heterocycles. The molecular formula is C19H22N6O3. The van der Waals surface area contributed by atoms with E-state index >= 15 is 0 Å². The van der Waals surface area contributed by atoms with E-state index in [4.69, 9.17) is 4.74 Å². The Kier molecular flexibility index (Phi) is 4.81. The molecule has 1 aliphatic heterocycles. The number of hydrogen-bond acceptors (Lipinski definition) is 6. The number of fused-ring (bicyclic) bond motifs is 1. The van der Waals surface area contributed by atoms with E-state index < -0.39 is 0 Å². The molecule has 0 saturated carbocycles. The molecule has 1 aromatic carbocycles. The van der Waals surface area contributed by atoms with Gasteiger partial charge in [0.2, 0.25) is 5.91 Å². The first-order valence-electron chi connectivity index (χ1n) is 9.36. The monoisotopic (exact) mass is 382 g/mol. The maximum atomic E-state index is 12.9. The lowest BCUT2D eigenvalue weighted by Crippen LogP contribution is -2.37. The molecule has 2 aromatic heterocycles. The van der Waals surface area contributed by atoms with Crippen molar-refractivity contribution in [3.8, 4) is 5.75 Å². The molecule has 1 fully saturated rings. The number of rotatable bonds is 5. The Morgan fingerprint density at radius 3 is 2.82 bits per heavy atom. The van der Waals surface area contributed by atoms with E-state index in [2.05, 4.69) is 15.4 Å². The summed E-state index contributed by atoms with van der Waals surface area (Å²) in [7, 11) is 1.69. The van der Waals surface area contributed by atoms with Crippen LogP contribution in [0.25, 0.3) is 11.0 Å². The third-order valence-corrected chi connectivity index (χ3v) is 5.05. The lowest BCUT2D eigenvalue weighted by molar-refractivity contribution is -0.133. The Balaban J connectivity index is 1.54. The van der Waals surface area contributed by atoms with Gasteiger partial charge in [-0.25, -0.2) is 9.36 Å². The van der Waals surface area contributed by atoms with Crippen LogP contribution in [0.2, 0.25) is 0 Å². The van der Waals surface area contributed by atoms with Crippen LogP contribution in [0.5, 0.6) is 5.75 Å². The zero-order chi connectivity index (χ0) is 19.7. The van der Waals surface area contributed by atoms with Gasteiger partial charge in [0.05, 0.1) is 18.8 Å². The summed E-state index contributed by atoms with van der Waals surface area (Å²) in [4.78, 5) is 27.3. The third kappa shape index (κ3) is 3.23. The summed E-state index contributed by atoms with van der Waals surface area (Å²) in [6.45, 7) is 3.08. The maximum Gasteiger partial charge on any atom is 0.281 e. The van der Waals surface area contributed by atoms with Crippen molar-refractivity contribution in [3.05, 3.63) is 46.4 Å². The lowest BCUT2D eigenvalue weighted by Gasteiger charge is -2.25. The minimum absolute atomic E-state index is 0.00559. The Morgan fingerprint density at radius 2 is 2.07 bits per heavy atom. The number of amides is 1. The summed E-state index contributed by atoms with van der Waals surface area (Å²) in [6.07, 6.45) is 3.26. The maximum absolute atomic E-state index is 12.9. The molecule has 0 radical (unpaired) electrons. The molecule has 0 aliphatic carbocycles. The Morgan fingerprint density at radius 1 is 1.29 bits per heavy atom. The van der Waals surface area contributed by atoms with Gasteiger partial charge in [-0.05, 0) is 37.5 Å². The number of carbonyl (C=O) groups excluding carboxylic acids is 1. The van der Waals surface area contributed by atoms with Gasteiger partial charge >= 0.3 is 0 Å². The summed E-state index contributed by atoms with van der Waals surface area (Å²) in [6, 6.07) is 7.83. The highest BCUT2D eigenvalue weighted by molar-refractivity contribution is 5.77. The van der Waals surface area contributed by atoms with Crippen LogP contribution in [0.3, 0.4) is 0 Å². The number of carbonyl (C=O) groups is 1. The van der Waals surface area contributed by atoms with Crippen molar-refractivity contribution in [2.45, 2.75) is 32.4 Å². The average Bonchev–Trinajstić information content (AvgIpc) is 3.32. The molecule has 3 heterocycles. The first kappa shape index (κ1) is 18.1. The molecular weight excluding hydrogens is 360 g/mol. The normalized spacial score (nSPS) is 16.6. The number of nitrogens with zero attached hydrogens (tertiary/aromatic N) is 6. The Bertz CT molecular complexity index is 1060. The van der Waals surface area contributed by atoms with Gasteiger partial charge < -0.3 is 9.64 Å². The summed E-state index contributed by atoms with van der Waals surface area (Å²) in [5, 5.41) is 12.3. The van der Waals surface area contributed by atoms with E-state index in [9.17, 15) is 9.59 Å². The summed E-state index contributed by atoms with van der Waals surface area (Å²) in [5.41, 5.74) is 1.11. The van der Waals surface area contributed by atoms with Crippen LogP contribution in [0.1, 0.15) is 31.4 Å². The van der Waals surface area contributed by atoms with Crippen LogP contribution in [-0.4, -0.2) is 48.7 Å². The van der Waals surface area contributed by atoms with E-state index in [1.54, 1.807) is 7.05 Å². The minimum Gasteiger partial charge on any atom is -0.494 e. The molecule has 4 rings (SSSR count). The van der Waals surface area contributed by atoms with Crippen molar-refractivity contribution >= 4 is 16.9 Å². The fraction of sp³-hybridized carbons (Fsp3) is 0.421. The number of benzene rings is 1. The van der Waals surface area contributed by atoms with Gasteiger partial charge in [-0.15, -0.1) is 5.10 Å². The molecule has 0 N–H and O–H groups in total. The van der Waals surface area contributed by atoms with Crippen LogP contribution in [-0.2, 0) is 18.4 Å². The Hall–Kier alpha value is -3.23. The second kappa shape index (κ2) is 7.41. The van der Waals surface area contributed by atoms with E-state index in [0.29, 0.717) is 24.2 Å². The Labute approximate surface area is 161 Å². The fourth-order valence-corrected chi connectivity index (χ4v) is 3.66. The number of aromatic nitrogens is 5. The van der Waals surface area contributed by atoms with Gasteiger partial charge in [0, 0.05) is 13.6 Å². The van der Waals surface area contributed by atoms with E-state index in [0.717, 1.165) is 28.8 Å². The SMILES string of the molecule is CCOc1ccc(C2CCCN2C(=O)Cn2nnc3c(cnn3C)c2=O)cc1. The van der Waals surface area contributed by atoms with Crippen molar-refractivity contribution in [2.75, 3.05) is 13.2 Å². The van der Waals surface area contributed by atoms with Crippen LogP contribution >= 0.6 is 0 Å². The zero-order valence-electron chi connectivity index (χ0n) is 15.9. The first-order chi connectivity index (χ1) is 13.6. The molecule has 9 heteroatoms. The summed E-state index contributed by atoms with van der Waals surface area (Å²) < 4.78 is 8.08. The minimum atomic E-state index is -0.358. The fourth-order valence-electron chi connectivity index (χ4n) is 3.66. The third-order valence-electron chi connectivity index (χ3n) is 5.05. The molecule has 146 valence electrons. The summed E-state index contributed by atoms with van der Waals surface area (Å²) >= 11 is 0. The molecule has 1 amide bonds. The predicted molar refractivity (Wildman–Crippen MR) is 102 cm³/mol. The smallest absolute Gasteiger partial charge is 0.281 e. The van der Waals surface area contributed by atoms with Crippen molar-refractivity contribution in [1.82, 2.24) is 29.7 Å². The highest BCUT2D eigenvalue weighted by Crippen LogP contribution is 2.32. The topological polar surface area (TPSA) is 95.1 Å². The van der Waals surface area contributed by atoms with Gasteiger partial charge in [-0.1, -0.05) is 17.3 Å². The molecule has 0 bridgehead atoms. The highest BCUT2D eigenvalue weighted by atomic mass is 16.5. The van der Waals surface area contributed by atoms with Gasteiger partial charge in [-0.3, -0.25) is 9.59 Å². The standard InChI is InChI=1S/C19H22N6O3/c1-3-28-14-8-6-13(7-9-14)16-5-4-10-24(16)17(26)12-25-19(27)15-11-20-23(2)18(15)21-22-25/h6-9,11,16H,3-5,10,12H2,1-2H3. The van der Waals surface area contributed by atoms with Crippen molar-refractivity contribution < 1.29 is 9.53 Å². The van der Waals surface area contributed by atoms with Crippen LogP contribution in [0, 0.1) is 0 Å². The molecule has 1 unspecified atom stereocenters. The number of aryl methyl sites for hydroxylation is 1. The first-order valence-corrected chi connectivity index (χ1v) is 9.36. The number of ether oxygens (including phenoxy) is 1. The molecule has 1 atom stereocenters. The van der Waals surface area contributed by atoms with Crippen molar-refractivity contribution in [3.63, 3.8) is 0 Å². The predicted octanol–water partition coefficient (Wildman–Crippen LogP) is 1.29. The summed E-state index contributed by atoms with van der Waals surface area (Å²) in [5.74, 6) is 0.671. The van der Waals surface area contributed by atoms with E-state index in [-0.39, 0.29) is 24.1 Å². The second-order valence-corrected chi connectivity index (χ2v) is 6.80. The van der Waals surface area contributed by atoms with Crippen LogP contribution in [0.4, 0.5) is 0 Å².